The zero-order valence-electron chi connectivity index (χ0n) is 15.7. The molecule has 0 radical (unpaired) electrons. The van der Waals surface area contributed by atoms with E-state index in [0.717, 1.165) is 69.1 Å². The van der Waals surface area contributed by atoms with Gasteiger partial charge in [-0.15, -0.1) is 24.0 Å². The minimum atomic E-state index is 0. The number of hydrogen-bond acceptors (Lipinski definition) is 6. The molecule has 0 aromatic heterocycles. The van der Waals surface area contributed by atoms with Crippen LogP contribution in [-0.2, 0) is 4.74 Å². The van der Waals surface area contributed by atoms with Crippen LogP contribution in [0.2, 0.25) is 0 Å². The Labute approximate surface area is 177 Å². The average Bonchev–Trinajstić information content (AvgIpc) is 3.14. The van der Waals surface area contributed by atoms with Crippen LogP contribution < -0.4 is 24.8 Å². The lowest BCUT2D eigenvalue weighted by Gasteiger charge is -2.25. The van der Waals surface area contributed by atoms with Gasteiger partial charge in [0.25, 0.3) is 0 Å². The Bertz CT molecular complexity index is 597. The molecule has 0 saturated carbocycles. The summed E-state index contributed by atoms with van der Waals surface area (Å²) in [5, 5.41) is 6.55. The van der Waals surface area contributed by atoms with Crippen LogP contribution in [0.15, 0.2) is 23.2 Å². The molecule has 2 aliphatic rings. The fraction of sp³-hybridized carbons (Fsp3) is 0.611. The van der Waals surface area contributed by atoms with Crippen molar-refractivity contribution in [2.45, 2.75) is 6.92 Å². The first-order valence-electron chi connectivity index (χ1n) is 9.20. The van der Waals surface area contributed by atoms with E-state index < -0.39 is 0 Å². The summed E-state index contributed by atoms with van der Waals surface area (Å²) in [6.07, 6.45) is 0. The Kier molecular flexibility index (Phi) is 9.78. The van der Waals surface area contributed by atoms with Crippen molar-refractivity contribution in [3.63, 3.8) is 0 Å². The lowest BCUT2D eigenvalue weighted by molar-refractivity contribution is 0.0394. The van der Waals surface area contributed by atoms with Gasteiger partial charge in [-0.05, 0) is 19.1 Å². The maximum absolute atomic E-state index is 5.76. The molecule has 2 aliphatic heterocycles. The third-order valence-electron chi connectivity index (χ3n) is 4.14. The number of halogens is 1. The van der Waals surface area contributed by atoms with Crippen molar-refractivity contribution in [1.29, 1.82) is 0 Å². The van der Waals surface area contributed by atoms with Crippen LogP contribution in [0.3, 0.4) is 0 Å². The van der Waals surface area contributed by atoms with E-state index in [4.69, 9.17) is 18.9 Å². The predicted octanol–water partition coefficient (Wildman–Crippen LogP) is 1.30. The highest BCUT2D eigenvalue weighted by Gasteiger charge is 2.13. The Balaban J connectivity index is 0.00000261. The average molecular weight is 492 g/mol. The highest BCUT2D eigenvalue weighted by Crippen LogP contribution is 2.34. The first-order valence-corrected chi connectivity index (χ1v) is 9.20. The van der Waals surface area contributed by atoms with Crippen molar-refractivity contribution in [1.82, 2.24) is 15.5 Å². The fourth-order valence-electron chi connectivity index (χ4n) is 2.77. The van der Waals surface area contributed by atoms with Crippen LogP contribution in [0, 0.1) is 0 Å². The molecule has 1 fully saturated rings. The van der Waals surface area contributed by atoms with E-state index in [-0.39, 0.29) is 30.8 Å². The molecule has 1 saturated heterocycles. The number of rotatable bonds is 8. The Morgan fingerprint density at radius 3 is 2.81 bits per heavy atom. The number of morpholine rings is 1. The molecule has 8 nitrogen and oxygen atoms in total. The Hall–Kier alpha value is -1.46. The molecule has 2 heterocycles. The second kappa shape index (κ2) is 12.1. The molecular weight excluding hydrogens is 463 g/mol. The van der Waals surface area contributed by atoms with Crippen LogP contribution in [0.5, 0.6) is 17.2 Å². The highest BCUT2D eigenvalue weighted by atomic mass is 127. The molecule has 1 aromatic rings. The van der Waals surface area contributed by atoms with E-state index in [1.807, 2.05) is 18.2 Å². The molecule has 0 spiro atoms. The molecule has 0 unspecified atom stereocenters. The topological polar surface area (TPSA) is 76.6 Å². The number of guanidine groups is 1. The van der Waals surface area contributed by atoms with E-state index in [2.05, 4.69) is 27.4 Å². The maximum Gasteiger partial charge on any atom is 0.231 e. The van der Waals surface area contributed by atoms with Gasteiger partial charge >= 0.3 is 0 Å². The highest BCUT2D eigenvalue weighted by molar-refractivity contribution is 14.0. The van der Waals surface area contributed by atoms with E-state index in [9.17, 15) is 0 Å². The van der Waals surface area contributed by atoms with Gasteiger partial charge in [0, 0.05) is 32.2 Å². The lowest BCUT2D eigenvalue weighted by atomic mass is 10.3. The summed E-state index contributed by atoms with van der Waals surface area (Å²) in [6, 6.07) is 5.60. The van der Waals surface area contributed by atoms with Crippen LogP contribution in [0.25, 0.3) is 0 Å². The zero-order valence-corrected chi connectivity index (χ0v) is 18.1. The summed E-state index contributed by atoms with van der Waals surface area (Å²) in [5.41, 5.74) is 0. The van der Waals surface area contributed by atoms with Gasteiger partial charge in [-0.25, -0.2) is 0 Å². The minimum absolute atomic E-state index is 0. The second-order valence-electron chi connectivity index (χ2n) is 6.00. The zero-order chi connectivity index (χ0) is 18.0. The Morgan fingerprint density at radius 2 is 2.00 bits per heavy atom. The van der Waals surface area contributed by atoms with Crippen LogP contribution >= 0.6 is 24.0 Å². The van der Waals surface area contributed by atoms with Gasteiger partial charge in [0.15, 0.2) is 17.5 Å². The molecule has 0 amide bonds. The van der Waals surface area contributed by atoms with Crippen molar-refractivity contribution >= 4 is 29.9 Å². The number of nitrogens with one attached hydrogen (secondary N) is 2. The molecule has 1 aromatic carbocycles. The predicted molar refractivity (Wildman–Crippen MR) is 115 cm³/mol. The first-order chi connectivity index (χ1) is 12.8. The second-order valence-corrected chi connectivity index (χ2v) is 6.00. The fourth-order valence-corrected chi connectivity index (χ4v) is 2.77. The molecule has 3 rings (SSSR count). The molecule has 0 aliphatic carbocycles. The van der Waals surface area contributed by atoms with Gasteiger partial charge in [-0.2, -0.15) is 0 Å². The Morgan fingerprint density at radius 1 is 1.19 bits per heavy atom. The minimum Gasteiger partial charge on any atom is -0.492 e. The van der Waals surface area contributed by atoms with Crippen LogP contribution in [0.4, 0.5) is 0 Å². The number of benzene rings is 1. The SMILES string of the molecule is CCNC(=NCCN1CCOCC1)NCCOc1ccc2c(c1)OCO2.I. The summed E-state index contributed by atoms with van der Waals surface area (Å²) < 4.78 is 21.8. The third kappa shape index (κ3) is 7.23. The largest absolute Gasteiger partial charge is 0.492 e. The normalized spacial score (nSPS) is 16.6. The van der Waals surface area contributed by atoms with Crippen molar-refractivity contribution < 1.29 is 18.9 Å². The van der Waals surface area contributed by atoms with E-state index in [1.54, 1.807) is 0 Å². The summed E-state index contributed by atoms with van der Waals surface area (Å²) in [7, 11) is 0. The lowest BCUT2D eigenvalue weighted by Crippen LogP contribution is -2.41. The van der Waals surface area contributed by atoms with E-state index in [0.29, 0.717) is 13.2 Å². The first kappa shape index (κ1) is 21.8. The monoisotopic (exact) mass is 492 g/mol. The van der Waals surface area contributed by atoms with Crippen molar-refractivity contribution in [2.75, 3.05) is 65.9 Å². The van der Waals surface area contributed by atoms with Gasteiger partial charge in [0.1, 0.15) is 12.4 Å². The summed E-state index contributed by atoms with van der Waals surface area (Å²) in [5.74, 6) is 3.08. The van der Waals surface area contributed by atoms with Crippen molar-refractivity contribution in [2.24, 2.45) is 4.99 Å². The third-order valence-corrected chi connectivity index (χ3v) is 4.14. The van der Waals surface area contributed by atoms with Crippen molar-refractivity contribution in [3.05, 3.63) is 18.2 Å². The van der Waals surface area contributed by atoms with Crippen LogP contribution in [0.1, 0.15) is 6.92 Å². The summed E-state index contributed by atoms with van der Waals surface area (Å²) >= 11 is 0. The van der Waals surface area contributed by atoms with Crippen LogP contribution in [-0.4, -0.2) is 76.7 Å². The van der Waals surface area contributed by atoms with Gasteiger partial charge in [-0.1, -0.05) is 0 Å². The maximum atomic E-state index is 5.76. The molecule has 0 bridgehead atoms. The molecule has 0 atom stereocenters. The molecule has 2 N–H and O–H groups in total. The number of fused-ring (bicyclic) bond motifs is 1. The van der Waals surface area contributed by atoms with Gasteiger partial charge in [0.05, 0.1) is 26.3 Å². The number of ether oxygens (including phenoxy) is 4. The molecule has 152 valence electrons. The molecule has 27 heavy (non-hydrogen) atoms. The van der Waals surface area contributed by atoms with E-state index >= 15 is 0 Å². The van der Waals surface area contributed by atoms with Gasteiger partial charge in [0.2, 0.25) is 6.79 Å². The van der Waals surface area contributed by atoms with Gasteiger partial charge in [-0.3, -0.25) is 9.89 Å². The van der Waals surface area contributed by atoms with E-state index in [1.165, 1.54) is 0 Å². The smallest absolute Gasteiger partial charge is 0.231 e. The number of hydrogen-bond donors (Lipinski definition) is 2. The molecular formula is C18H29IN4O4. The quantitative estimate of drug-likeness (QED) is 0.245. The summed E-state index contributed by atoms with van der Waals surface area (Å²) in [6.45, 7) is 9.68. The number of aliphatic imine (C=N–C) groups is 1. The number of nitrogens with zero attached hydrogens (tertiary/aromatic N) is 2. The van der Waals surface area contributed by atoms with Crippen molar-refractivity contribution in [3.8, 4) is 17.2 Å². The van der Waals surface area contributed by atoms with Gasteiger partial charge < -0.3 is 29.6 Å². The standard InChI is InChI=1S/C18H28N4O4.HI/c1-2-19-18(20-5-7-22-8-11-23-12-9-22)21-6-10-24-15-3-4-16-17(13-15)26-14-25-16;/h3-4,13H,2,5-12,14H2,1H3,(H2,19,20,21);1H. The summed E-state index contributed by atoms with van der Waals surface area (Å²) in [4.78, 5) is 6.99. The molecule has 9 heteroatoms.